The van der Waals surface area contributed by atoms with Crippen molar-refractivity contribution in [2.75, 3.05) is 26.2 Å². The highest BCUT2D eigenvalue weighted by atomic mass is 127. The third-order valence-corrected chi connectivity index (χ3v) is 5.59. The second-order valence-corrected chi connectivity index (χ2v) is 7.88. The molecular weight excluding hydrogens is 509 g/mol. The summed E-state index contributed by atoms with van der Waals surface area (Å²) < 4.78 is 0. The van der Waals surface area contributed by atoms with Crippen LogP contribution in [-0.4, -0.2) is 48.1 Å². The fraction of sp³-hybridized carbons (Fsp3) is 0.478. The lowest BCUT2D eigenvalue weighted by Crippen LogP contribution is -2.48. The molecule has 164 valence electrons. The predicted octanol–water partition coefficient (Wildman–Crippen LogP) is 4.51. The van der Waals surface area contributed by atoms with Crippen molar-refractivity contribution < 1.29 is 0 Å². The molecule has 2 heterocycles. The van der Waals surface area contributed by atoms with Gasteiger partial charge in [0.25, 0.3) is 0 Å². The molecule has 2 N–H and O–H groups in total. The third-order valence-electron chi connectivity index (χ3n) is 5.22. The number of aliphatic imine (C=N–C) groups is 1. The molecule has 1 aromatic heterocycles. The third kappa shape index (κ3) is 8.40. The zero-order valence-corrected chi connectivity index (χ0v) is 20.8. The van der Waals surface area contributed by atoms with Gasteiger partial charge in [-0.05, 0) is 56.4 Å². The summed E-state index contributed by atoms with van der Waals surface area (Å²) in [5.74, 6) is 0.926. The number of guanidine groups is 1. The molecule has 3 rings (SSSR count). The molecule has 5 nitrogen and oxygen atoms in total. The summed E-state index contributed by atoms with van der Waals surface area (Å²) in [6, 6.07) is 14.6. The van der Waals surface area contributed by atoms with Gasteiger partial charge in [-0.3, -0.25) is 14.9 Å². The van der Waals surface area contributed by atoms with Gasteiger partial charge in [-0.15, -0.1) is 24.0 Å². The van der Waals surface area contributed by atoms with E-state index in [2.05, 4.69) is 45.6 Å². The quantitative estimate of drug-likeness (QED) is 0.224. The first kappa shape index (κ1) is 24.9. The molecule has 1 aliphatic heterocycles. The zero-order valence-electron chi connectivity index (χ0n) is 17.7. The molecule has 0 bridgehead atoms. The van der Waals surface area contributed by atoms with E-state index in [0.717, 1.165) is 75.1 Å². The smallest absolute Gasteiger partial charge is 0.191 e. The van der Waals surface area contributed by atoms with Crippen LogP contribution in [0.5, 0.6) is 0 Å². The Morgan fingerprint density at radius 2 is 1.93 bits per heavy atom. The SMILES string of the molecule is CCNC(=NCCCc1ccccc1Cl)NC1CCN(Cc2ccccn2)CC1.I. The number of pyridine rings is 1. The fourth-order valence-electron chi connectivity index (χ4n) is 3.63. The van der Waals surface area contributed by atoms with E-state index in [0.29, 0.717) is 6.04 Å². The number of benzene rings is 1. The van der Waals surface area contributed by atoms with Gasteiger partial charge in [-0.2, -0.15) is 0 Å². The number of aromatic nitrogens is 1. The van der Waals surface area contributed by atoms with Gasteiger partial charge in [-0.1, -0.05) is 35.9 Å². The number of nitrogens with zero attached hydrogens (tertiary/aromatic N) is 3. The lowest BCUT2D eigenvalue weighted by atomic mass is 10.0. The molecule has 0 amide bonds. The maximum atomic E-state index is 6.24. The monoisotopic (exact) mass is 541 g/mol. The van der Waals surface area contributed by atoms with Crippen LogP contribution in [0.2, 0.25) is 5.02 Å². The molecule has 30 heavy (non-hydrogen) atoms. The Balaban J connectivity index is 0.00000320. The zero-order chi connectivity index (χ0) is 20.3. The standard InChI is InChI=1S/C23H32ClN5.HI/c1-2-25-23(27-15-7-9-19-8-3-4-11-22(19)24)28-20-12-16-29(17-13-20)18-21-10-5-6-14-26-21;/h3-6,8,10-11,14,20H,2,7,9,12-13,15-18H2,1H3,(H2,25,27,28);1H. The molecular formula is C23H33ClIN5. The molecule has 0 aliphatic carbocycles. The van der Waals surface area contributed by atoms with Crippen LogP contribution in [0.3, 0.4) is 0 Å². The first-order valence-electron chi connectivity index (χ1n) is 10.6. The summed E-state index contributed by atoms with van der Waals surface area (Å²) in [6.07, 6.45) is 6.06. The summed E-state index contributed by atoms with van der Waals surface area (Å²) in [4.78, 5) is 11.7. The van der Waals surface area contributed by atoms with E-state index in [1.807, 2.05) is 30.5 Å². The van der Waals surface area contributed by atoms with Crippen molar-refractivity contribution in [3.8, 4) is 0 Å². The minimum absolute atomic E-state index is 0. The second kappa shape index (κ2) is 13.8. The lowest BCUT2D eigenvalue weighted by Gasteiger charge is -2.32. The van der Waals surface area contributed by atoms with Crippen molar-refractivity contribution in [3.63, 3.8) is 0 Å². The molecule has 0 unspecified atom stereocenters. The molecule has 1 fully saturated rings. The second-order valence-electron chi connectivity index (χ2n) is 7.47. The van der Waals surface area contributed by atoms with Crippen molar-refractivity contribution >= 4 is 41.5 Å². The molecule has 0 spiro atoms. The van der Waals surface area contributed by atoms with Crippen LogP contribution in [0.25, 0.3) is 0 Å². The average Bonchev–Trinajstić information content (AvgIpc) is 2.74. The van der Waals surface area contributed by atoms with E-state index in [9.17, 15) is 0 Å². The van der Waals surface area contributed by atoms with E-state index in [-0.39, 0.29) is 24.0 Å². The fourth-order valence-corrected chi connectivity index (χ4v) is 3.86. The summed E-state index contributed by atoms with van der Waals surface area (Å²) in [5, 5.41) is 7.85. The first-order chi connectivity index (χ1) is 14.2. The highest BCUT2D eigenvalue weighted by Gasteiger charge is 2.20. The Hall–Kier alpha value is -1.38. The van der Waals surface area contributed by atoms with Gasteiger partial charge in [0.2, 0.25) is 0 Å². The Morgan fingerprint density at radius 1 is 1.17 bits per heavy atom. The molecule has 0 radical (unpaired) electrons. The molecule has 0 saturated carbocycles. The summed E-state index contributed by atoms with van der Waals surface area (Å²) in [5.41, 5.74) is 2.34. The van der Waals surface area contributed by atoms with Gasteiger partial charge >= 0.3 is 0 Å². The maximum absolute atomic E-state index is 6.24. The topological polar surface area (TPSA) is 52.6 Å². The van der Waals surface area contributed by atoms with Gasteiger partial charge in [0, 0.05) is 50.0 Å². The number of halogens is 2. The van der Waals surface area contributed by atoms with Crippen molar-refractivity contribution in [1.82, 2.24) is 20.5 Å². The van der Waals surface area contributed by atoms with Gasteiger partial charge < -0.3 is 10.6 Å². The summed E-state index contributed by atoms with van der Waals surface area (Å²) in [7, 11) is 0. The van der Waals surface area contributed by atoms with E-state index >= 15 is 0 Å². The number of piperidine rings is 1. The normalized spacial score (nSPS) is 15.5. The first-order valence-corrected chi connectivity index (χ1v) is 11.0. The Morgan fingerprint density at radius 3 is 2.63 bits per heavy atom. The minimum atomic E-state index is 0. The van der Waals surface area contributed by atoms with Crippen LogP contribution < -0.4 is 10.6 Å². The minimum Gasteiger partial charge on any atom is -0.357 e. The van der Waals surface area contributed by atoms with Gasteiger partial charge in [0.05, 0.1) is 5.69 Å². The molecule has 0 atom stereocenters. The van der Waals surface area contributed by atoms with Crippen molar-refractivity contribution in [2.24, 2.45) is 4.99 Å². The highest BCUT2D eigenvalue weighted by molar-refractivity contribution is 14.0. The number of nitrogens with one attached hydrogen (secondary N) is 2. The van der Waals surface area contributed by atoms with Crippen LogP contribution in [0.15, 0.2) is 53.7 Å². The van der Waals surface area contributed by atoms with Crippen molar-refractivity contribution in [1.29, 1.82) is 0 Å². The van der Waals surface area contributed by atoms with E-state index in [4.69, 9.17) is 16.6 Å². The molecule has 7 heteroatoms. The Labute approximate surface area is 202 Å². The highest BCUT2D eigenvalue weighted by Crippen LogP contribution is 2.16. The van der Waals surface area contributed by atoms with Gasteiger partial charge in [0.1, 0.15) is 0 Å². The number of rotatable bonds is 8. The Bertz CT molecular complexity index is 763. The van der Waals surface area contributed by atoms with Crippen LogP contribution in [0, 0.1) is 0 Å². The number of hydrogen-bond acceptors (Lipinski definition) is 3. The molecule has 1 aliphatic rings. The Kier molecular flexibility index (Phi) is 11.5. The van der Waals surface area contributed by atoms with Gasteiger partial charge in [-0.25, -0.2) is 0 Å². The van der Waals surface area contributed by atoms with Gasteiger partial charge in [0.15, 0.2) is 5.96 Å². The van der Waals surface area contributed by atoms with E-state index in [1.165, 1.54) is 5.56 Å². The molecule has 1 saturated heterocycles. The lowest BCUT2D eigenvalue weighted by molar-refractivity contribution is 0.196. The average molecular weight is 542 g/mol. The maximum Gasteiger partial charge on any atom is 0.191 e. The van der Waals surface area contributed by atoms with E-state index in [1.54, 1.807) is 0 Å². The number of likely N-dealkylation sites (tertiary alicyclic amines) is 1. The number of hydrogen-bond donors (Lipinski definition) is 2. The van der Waals surface area contributed by atoms with Crippen LogP contribution in [0.4, 0.5) is 0 Å². The molecule has 1 aromatic carbocycles. The number of aryl methyl sites for hydroxylation is 1. The predicted molar refractivity (Wildman–Crippen MR) is 137 cm³/mol. The van der Waals surface area contributed by atoms with Crippen LogP contribution >= 0.6 is 35.6 Å². The van der Waals surface area contributed by atoms with E-state index < -0.39 is 0 Å². The van der Waals surface area contributed by atoms with Crippen LogP contribution in [-0.2, 0) is 13.0 Å². The van der Waals surface area contributed by atoms with Crippen molar-refractivity contribution in [3.05, 3.63) is 64.9 Å². The molecule has 2 aromatic rings. The summed E-state index contributed by atoms with van der Waals surface area (Å²) in [6.45, 7) is 6.87. The largest absolute Gasteiger partial charge is 0.357 e. The van der Waals surface area contributed by atoms with Crippen LogP contribution in [0.1, 0.15) is 37.4 Å². The van der Waals surface area contributed by atoms with Crippen molar-refractivity contribution in [2.45, 2.75) is 45.2 Å². The summed E-state index contributed by atoms with van der Waals surface area (Å²) >= 11 is 6.24.